The fourth-order valence-corrected chi connectivity index (χ4v) is 4.04. The molecule has 1 N–H and O–H groups in total. The van der Waals surface area contributed by atoms with Gasteiger partial charge in [-0.05, 0) is 60.0 Å². The van der Waals surface area contributed by atoms with Gasteiger partial charge in [0, 0.05) is 24.4 Å². The summed E-state index contributed by atoms with van der Waals surface area (Å²) < 4.78 is 0. The number of hydrogen-bond acceptors (Lipinski definition) is 3. The Kier molecular flexibility index (Phi) is 6.42. The summed E-state index contributed by atoms with van der Waals surface area (Å²) in [4.78, 5) is 14.7. The highest BCUT2D eigenvalue weighted by molar-refractivity contribution is 7.08. The maximum absolute atomic E-state index is 12.2. The van der Waals surface area contributed by atoms with Crippen molar-refractivity contribution in [2.45, 2.75) is 44.7 Å². The first-order chi connectivity index (χ1) is 12.2. The van der Waals surface area contributed by atoms with E-state index in [1.54, 1.807) is 17.4 Å². The van der Waals surface area contributed by atoms with Crippen molar-refractivity contribution in [1.82, 2.24) is 4.90 Å². The van der Waals surface area contributed by atoms with E-state index in [-0.39, 0.29) is 5.91 Å². The first-order valence-corrected chi connectivity index (χ1v) is 9.96. The monoisotopic (exact) mass is 354 g/mol. The van der Waals surface area contributed by atoms with Crippen LogP contribution in [-0.2, 0) is 11.3 Å². The largest absolute Gasteiger partial charge is 0.322 e. The summed E-state index contributed by atoms with van der Waals surface area (Å²) in [5.74, 6) is -0.0843. The number of thiophene rings is 1. The highest BCUT2D eigenvalue weighted by Crippen LogP contribution is 2.25. The van der Waals surface area contributed by atoms with Gasteiger partial charge < -0.3 is 5.32 Å². The predicted octanol–water partition coefficient (Wildman–Crippen LogP) is 5.16. The summed E-state index contributed by atoms with van der Waals surface area (Å²) in [6, 6.07) is 10.8. The van der Waals surface area contributed by atoms with E-state index in [2.05, 4.69) is 23.3 Å². The van der Waals surface area contributed by atoms with Crippen molar-refractivity contribution in [1.29, 1.82) is 0 Å². The van der Waals surface area contributed by atoms with Crippen molar-refractivity contribution in [3.8, 4) is 0 Å². The SMILES string of the molecule is CN(Cc1ccccc1NC(=O)/C=C/c1ccsc1)C1CCCCC1. The molecule has 1 fully saturated rings. The number of rotatable bonds is 6. The van der Waals surface area contributed by atoms with E-state index < -0.39 is 0 Å². The maximum atomic E-state index is 12.2. The van der Waals surface area contributed by atoms with Crippen LogP contribution in [0.4, 0.5) is 5.69 Å². The Morgan fingerprint density at radius 1 is 1.24 bits per heavy atom. The van der Waals surface area contributed by atoms with Crippen LogP contribution >= 0.6 is 11.3 Å². The van der Waals surface area contributed by atoms with Crippen LogP contribution in [0.2, 0.25) is 0 Å². The zero-order chi connectivity index (χ0) is 17.5. The van der Waals surface area contributed by atoms with Gasteiger partial charge in [-0.1, -0.05) is 37.5 Å². The van der Waals surface area contributed by atoms with Gasteiger partial charge in [0.05, 0.1) is 0 Å². The topological polar surface area (TPSA) is 32.3 Å². The summed E-state index contributed by atoms with van der Waals surface area (Å²) in [6.07, 6.45) is 10.1. The summed E-state index contributed by atoms with van der Waals surface area (Å²) in [5, 5.41) is 7.06. The lowest BCUT2D eigenvalue weighted by molar-refractivity contribution is -0.111. The van der Waals surface area contributed by atoms with Crippen molar-refractivity contribution >= 4 is 29.0 Å². The molecule has 1 heterocycles. The van der Waals surface area contributed by atoms with Crippen LogP contribution in [-0.4, -0.2) is 23.9 Å². The molecule has 2 aromatic rings. The Morgan fingerprint density at radius 3 is 2.80 bits per heavy atom. The second kappa shape index (κ2) is 8.97. The van der Waals surface area contributed by atoms with Gasteiger partial charge >= 0.3 is 0 Å². The molecule has 1 saturated carbocycles. The summed E-state index contributed by atoms with van der Waals surface area (Å²) in [7, 11) is 2.20. The maximum Gasteiger partial charge on any atom is 0.248 e. The van der Waals surface area contributed by atoms with Crippen LogP contribution in [0, 0.1) is 0 Å². The van der Waals surface area contributed by atoms with Gasteiger partial charge in [0.15, 0.2) is 0 Å². The lowest BCUT2D eigenvalue weighted by Gasteiger charge is -2.31. The van der Waals surface area contributed by atoms with E-state index >= 15 is 0 Å². The number of benzene rings is 1. The van der Waals surface area contributed by atoms with Crippen LogP contribution in [0.25, 0.3) is 6.08 Å². The Labute approximate surface area is 154 Å². The van der Waals surface area contributed by atoms with E-state index in [1.165, 1.54) is 37.7 Å². The lowest BCUT2D eigenvalue weighted by atomic mass is 9.94. The van der Waals surface area contributed by atoms with E-state index in [9.17, 15) is 4.79 Å². The molecule has 3 rings (SSSR count). The minimum atomic E-state index is -0.0843. The van der Waals surface area contributed by atoms with Crippen LogP contribution in [0.15, 0.2) is 47.2 Å². The Morgan fingerprint density at radius 2 is 2.04 bits per heavy atom. The third kappa shape index (κ3) is 5.28. The fourth-order valence-electron chi connectivity index (χ4n) is 3.42. The molecule has 0 atom stereocenters. The number of carbonyl (C=O) groups excluding carboxylic acids is 1. The lowest BCUT2D eigenvalue weighted by Crippen LogP contribution is -2.33. The molecule has 0 spiro atoms. The average Bonchev–Trinajstić information content (AvgIpc) is 3.16. The molecule has 1 aliphatic rings. The van der Waals surface area contributed by atoms with Gasteiger partial charge in [-0.2, -0.15) is 11.3 Å². The smallest absolute Gasteiger partial charge is 0.248 e. The third-order valence-corrected chi connectivity index (χ3v) is 5.56. The fraction of sp³-hybridized carbons (Fsp3) is 0.381. The molecule has 1 amide bonds. The van der Waals surface area contributed by atoms with Gasteiger partial charge in [0.1, 0.15) is 0 Å². The number of amides is 1. The molecule has 0 unspecified atom stereocenters. The van der Waals surface area contributed by atoms with Crippen LogP contribution in [0.3, 0.4) is 0 Å². The molecule has 1 aliphatic carbocycles. The minimum absolute atomic E-state index is 0.0843. The molecule has 0 bridgehead atoms. The Balaban J connectivity index is 1.62. The summed E-state index contributed by atoms with van der Waals surface area (Å²) in [5.41, 5.74) is 3.14. The van der Waals surface area contributed by atoms with E-state index in [0.717, 1.165) is 17.8 Å². The number of anilines is 1. The Bertz CT molecular complexity index is 702. The van der Waals surface area contributed by atoms with Gasteiger partial charge in [0.25, 0.3) is 0 Å². The normalized spacial score (nSPS) is 15.8. The van der Waals surface area contributed by atoms with Crippen LogP contribution in [0.5, 0.6) is 0 Å². The molecule has 4 heteroatoms. The Hall–Kier alpha value is -1.91. The minimum Gasteiger partial charge on any atom is -0.322 e. The number of nitrogens with zero attached hydrogens (tertiary/aromatic N) is 1. The second-order valence-corrected chi connectivity index (χ2v) is 7.52. The number of hydrogen-bond donors (Lipinski definition) is 1. The molecular weight excluding hydrogens is 328 g/mol. The standard InChI is InChI=1S/C21H26N2OS/c1-23(19-8-3-2-4-9-19)15-18-7-5-6-10-20(18)22-21(24)12-11-17-13-14-25-16-17/h5-7,10-14,16,19H,2-4,8-9,15H2,1H3,(H,22,24)/b12-11+. The van der Waals surface area contributed by atoms with Crippen molar-refractivity contribution in [3.63, 3.8) is 0 Å². The molecule has 1 aromatic heterocycles. The highest BCUT2D eigenvalue weighted by atomic mass is 32.1. The third-order valence-electron chi connectivity index (χ3n) is 4.86. The molecule has 0 saturated heterocycles. The van der Waals surface area contributed by atoms with Gasteiger partial charge in [0.2, 0.25) is 5.91 Å². The zero-order valence-electron chi connectivity index (χ0n) is 14.8. The van der Waals surface area contributed by atoms with Crippen LogP contribution in [0.1, 0.15) is 43.2 Å². The van der Waals surface area contributed by atoms with Gasteiger partial charge in [-0.25, -0.2) is 0 Å². The van der Waals surface area contributed by atoms with Crippen molar-refractivity contribution in [2.24, 2.45) is 0 Å². The number of nitrogens with one attached hydrogen (secondary N) is 1. The summed E-state index contributed by atoms with van der Waals surface area (Å²) in [6.45, 7) is 0.870. The summed E-state index contributed by atoms with van der Waals surface area (Å²) >= 11 is 1.63. The average molecular weight is 355 g/mol. The quantitative estimate of drug-likeness (QED) is 0.726. The second-order valence-electron chi connectivity index (χ2n) is 6.74. The number of para-hydroxylation sites is 1. The molecule has 3 nitrogen and oxygen atoms in total. The molecule has 1 aromatic carbocycles. The molecule has 0 aliphatic heterocycles. The predicted molar refractivity (Wildman–Crippen MR) is 107 cm³/mol. The zero-order valence-corrected chi connectivity index (χ0v) is 15.6. The van der Waals surface area contributed by atoms with Crippen molar-refractivity contribution in [2.75, 3.05) is 12.4 Å². The molecule has 132 valence electrons. The molecule has 25 heavy (non-hydrogen) atoms. The first-order valence-electron chi connectivity index (χ1n) is 9.02. The van der Waals surface area contributed by atoms with E-state index in [4.69, 9.17) is 0 Å². The van der Waals surface area contributed by atoms with E-state index in [1.807, 2.05) is 41.1 Å². The van der Waals surface area contributed by atoms with Crippen LogP contribution < -0.4 is 5.32 Å². The molecule has 0 radical (unpaired) electrons. The first kappa shape index (κ1) is 17.9. The van der Waals surface area contributed by atoms with Gasteiger partial charge in [-0.3, -0.25) is 9.69 Å². The molecular formula is C21H26N2OS. The number of carbonyl (C=O) groups is 1. The van der Waals surface area contributed by atoms with E-state index in [0.29, 0.717) is 6.04 Å². The van der Waals surface area contributed by atoms with Crippen molar-refractivity contribution in [3.05, 3.63) is 58.3 Å². The van der Waals surface area contributed by atoms with Gasteiger partial charge in [-0.15, -0.1) is 0 Å². The van der Waals surface area contributed by atoms with Crippen molar-refractivity contribution < 1.29 is 4.79 Å². The highest BCUT2D eigenvalue weighted by Gasteiger charge is 2.18.